The molecule has 8 nitrogen and oxygen atoms in total. The quantitative estimate of drug-likeness (QED) is 0.379. The zero-order chi connectivity index (χ0) is 19.6. The summed E-state index contributed by atoms with van der Waals surface area (Å²) in [4.78, 5) is 22.8. The number of hydrogen-bond donors (Lipinski definition) is 2. The lowest BCUT2D eigenvalue weighted by Gasteiger charge is -2.00. The van der Waals surface area contributed by atoms with Gasteiger partial charge in [0.05, 0.1) is 23.3 Å². The number of nitro groups is 1. The lowest BCUT2D eigenvalue weighted by Crippen LogP contribution is -2.16. The van der Waals surface area contributed by atoms with E-state index in [1.54, 1.807) is 25.3 Å². The summed E-state index contributed by atoms with van der Waals surface area (Å²) < 4.78 is 5.93. The molecule has 3 rings (SSSR count). The third kappa shape index (κ3) is 3.83. The molecule has 2 aromatic carbocycles. The average Bonchev–Trinajstić information content (AvgIpc) is 2.99. The number of methoxy groups -OCH3 is 1. The number of halogens is 1. The van der Waals surface area contributed by atoms with Gasteiger partial charge in [-0.25, -0.2) is 5.43 Å². The van der Waals surface area contributed by atoms with Crippen LogP contribution in [-0.2, 0) is 0 Å². The third-order valence-electron chi connectivity index (χ3n) is 3.63. The molecule has 0 aliphatic carbocycles. The van der Waals surface area contributed by atoms with E-state index in [1.165, 1.54) is 17.4 Å². The molecule has 1 amide bonds. The van der Waals surface area contributed by atoms with Gasteiger partial charge >= 0.3 is 0 Å². The highest BCUT2D eigenvalue weighted by Gasteiger charge is 2.17. The molecule has 0 saturated carbocycles. The Morgan fingerprint density at radius 2 is 2.15 bits per heavy atom. The first-order valence-corrected chi connectivity index (χ1v) is 8.67. The highest BCUT2D eigenvalue weighted by atomic mass is 35.5. The minimum absolute atomic E-state index is 0.0941. The molecule has 2 N–H and O–H groups in total. The Hall–Kier alpha value is -3.17. The summed E-state index contributed by atoms with van der Waals surface area (Å²) in [5.41, 5.74) is 2.19. The van der Waals surface area contributed by atoms with Gasteiger partial charge in [-0.05, 0) is 24.3 Å². The first-order valence-electron chi connectivity index (χ1n) is 7.47. The number of hydrazone groups is 1. The molecule has 1 heterocycles. The van der Waals surface area contributed by atoms with E-state index < -0.39 is 10.8 Å². The summed E-state index contributed by atoms with van der Waals surface area (Å²) in [7, 11) is 1.54. The number of amides is 1. The van der Waals surface area contributed by atoms with Gasteiger partial charge in [0.2, 0.25) is 0 Å². The fraction of sp³-hybridized carbons (Fsp3) is 0.0588. The molecule has 0 fully saturated rings. The first kappa shape index (κ1) is 18.6. The summed E-state index contributed by atoms with van der Waals surface area (Å²) in [5.74, 6) is -0.0986. The van der Waals surface area contributed by atoms with E-state index in [2.05, 4.69) is 10.5 Å². The van der Waals surface area contributed by atoms with Gasteiger partial charge in [0.25, 0.3) is 11.6 Å². The van der Waals surface area contributed by atoms with E-state index >= 15 is 0 Å². The maximum Gasteiger partial charge on any atom is 0.283 e. The maximum absolute atomic E-state index is 12.3. The van der Waals surface area contributed by atoms with Crippen molar-refractivity contribution in [2.75, 3.05) is 7.11 Å². The van der Waals surface area contributed by atoms with Gasteiger partial charge in [-0.15, -0.1) is 11.3 Å². The molecule has 1 aromatic heterocycles. The van der Waals surface area contributed by atoms with Crippen molar-refractivity contribution in [2.45, 2.75) is 0 Å². The predicted octanol–water partition coefficient (Wildman–Crippen LogP) is 3.94. The van der Waals surface area contributed by atoms with Gasteiger partial charge in [-0.3, -0.25) is 14.9 Å². The Kier molecular flexibility index (Phi) is 5.24. The highest BCUT2D eigenvalue weighted by Crippen LogP contribution is 2.37. The van der Waals surface area contributed by atoms with Crippen molar-refractivity contribution >= 4 is 50.8 Å². The van der Waals surface area contributed by atoms with Gasteiger partial charge in [-0.1, -0.05) is 11.6 Å². The molecule has 0 bridgehead atoms. The Labute approximate surface area is 161 Å². The van der Waals surface area contributed by atoms with Gasteiger partial charge in [-0.2, -0.15) is 5.10 Å². The number of ether oxygens (including phenoxy) is 1. The zero-order valence-electron chi connectivity index (χ0n) is 13.8. The summed E-state index contributed by atoms with van der Waals surface area (Å²) in [6.45, 7) is 0. The summed E-state index contributed by atoms with van der Waals surface area (Å²) >= 11 is 7.45. The van der Waals surface area contributed by atoms with Crippen LogP contribution in [0.15, 0.2) is 41.5 Å². The highest BCUT2D eigenvalue weighted by molar-refractivity contribution is 7.21. The van der Waals surface area contributed by atoms with E-state index in [0.717, 1.165) is 23.0 Å². The van der Waals surface area contributed by atoms with Gasteiger partial charge < -0.3 is 9.84 Å². The zero-order valence-corrected chi connectivity index (χ0v) is 15.4. The summed E-state index contributed by atoms with van der Waals surface area (Å²) in [6, 6.07) is 8.75. The van der Waals surface area contributed by atoms with Crippen molar-refractivity contribution in [3.8, 4) is 11.5 Å². The van der Waals surface area contributed by atoms with Crippen LogP contribution >= 0.6 is 22.9 Å². The van der Waals surface area contributed by atoms with Gasteiger partial charge in [0, 0.05) is 27.8 Å². The molecular weight excluding hydrogens is 394 g/mol. The summed E-state index contributed by atoms with van der Waals surface area (Å²) in [5, 5.41) is 25.3. The van der Waals surface area contributed by atoms with Crippen molar-refractivity contribution in [2.24, 2.45) is 5.10 Å². The van der Waals surface area contributed by atoms with Crippen LogP contribution in [0.1, 0.15) is 15.2 Å². The van der Waals surface area contributed by atoms with Crippen molar-refractivity contribution in [3.05, 3.63) is 62.0 Å². The minimum atomic E-state index is -0.597. The lowest BCUT2D eigenvalue weighted by atomic mass is 10.2. The van der Waals surface area contributed by atoms with E-state index in [1.807, 2.05) is 0 Å². The molecule has 0 radical (unpaired) electrons. The van der Waals surface area contributed by atoms with Crippen molar-refractivity contribution in [3.63, 3.8) is 0 Å². The number of nitrogens with zero attached hydrogens (tertiary/aromatic N) is 2. The fourth-order valence-electron chi connectivity index (χ4n) is 2.29. The number of benzene rings is 2. The molecule has 0 unspecified atom stereocenters. The number of nitro benzene ring substituents is 1. The van der Waals surface area contributed by atoms with Crippen LogP contribution in [0.25, 0.3) is 10.1 Å². The van der Waals surface area contributed by atoms with E-state index in [9.17, 15) is 20.0 Å². The van der Waals surface area contributed by atoms with Gasteiger partial charge in [0.1, 0.15) is 16.4 Å². The van der Waals surface area contributed by atoms with Gasteiger partial charge in [0.15, 0.2) is 0 Å². The fourth-order valence-corrected chi connectivity index (χ4v) is 3.72. The molecule has 138 valence electrons. The van der Waals surface area contributed by atoms with Crippen molar-refractivity contribution in [1.82, 2.24) is 5.43 Å². The van der Waals surface area contributed by atoms with Crippen molar-refractivity contribution in [1.29, 1.82) is 0 Å². The van der Waals surface area contributed by atoms with Crippen LogP contribution in [0.2, 0.25) is 5.02 Å². The number of non-ortho nitro benzene ring substituents is 1. The number of rotatable bonds is 5. The number of thiophene rings is 1. The second kappa shape index (κ2) is 7.60. The van der Waals surface area contributed by atoms with Crippen LogP contribution < -0.4 is 10.2 Å². The topological polar surface area (TPSA) is 114 Å². The molecule has 0 atom stereocenters. The number of fused-ring (bicyclic) bond motifs is 1. The normalized spacial score (nSPS) is 11.0. The number of phenolic OH excluding ortho intramolecular Hbond substituents is 1. The predicted molar refractivity (Wildman–Crippen MR) is 103 cm³/mol. The van der Waals surface area contributed by atoms with E-state index in [-0.39, 0.29) is 21.9 Å². The monoisotopic (exact) mass is 405 g/mol. The number of carbonyl (C=O) groups excluding carboxylic acids is 1. The van der Waals surface area contributed by atoms with Crippen LogP contribution in [-0.4, -0.2) is 29.3 Å². The number of carbonyl (C=O) groups is 1. The minimum Gasteiger partial charge on any atom is -0.507 e. The van der Waals surface area contributed by atoms with E-state index in [0.29, 0.717) is 16.2 Å². The Bertz CT molecular complexity index is 1080. The Morgan fingerprint density at radius 3 is 2.85 bits per heavy atom. The SMILES string of the molecule is COc1ccc2c(Cl)c(C(=O)N/N=C/c3cc([N+](=O)[O-])ccc3O)sc2c1. The van der Waals surface area contributed by atoms with Crippen molar-refractivity contribution < 1.29 is 19.6 Å². The van der Waals surface area contributed by atoms with E-state index in [4.69, 9.17) is 16.3 Å². The van der Waals surface area contributed by atoms with Crippen LogP contribution in [0.3, 0.4) is 0 Å². The molecule has 0 saturated heterocycles. The lowest BCUT2D eigenvalue weighted by molar-refractivity contribution is -0.384. The number of hydrogen-bond acceptors (Lipinski definition) is 7. The molecule has 3 aromatic rings. The number of phenols is 1. The maximum atomic E-state index is 12.3. The largest absolute Gasteiger partial charge is 0.507 e. The second-order valence-corrected chi connectivity index (χ2v) is 6.74. The molecule has 0 aliphatic heterocycles. The second-order valence-electron chi connectivity index (χ2n) is 5.31. The molecule has 0 aliphatic rings. The molecule has 10 heteroatoms. The number of nitrogens with one attached hydrogen (secondary N) is 1. The Morgan fingerprint density at radius 1 is 1.37 bits per heavy atom. The number of aromatic hydroxyl groups is 1. The smallest absolute Gasteiger partial charge is 0.283 e. The Balaban J connectivity index is 1.81. The molecular formula is C17H12ClN3O5S. The molecule has 0 spiro atoms. The standard InChI is InChI=1S/C17H12ClN3O5S/c1-26-11-3-4-12-14(7-11)27-16(15(12)18)17(23)20-19-8-9-6-10(21(24)25)2-5-13(9)22/h2-8,22H,1H3,(H,20,23)/b19-8+. The van der Waals surface area contributed by atoms with Crippen LogP contribution in [0, 0.1) is 10.1 Å². The summed E-state index contributed by atoms with van der Waals surface area (Å²) in [6.07, 6.45) is 1.12. The van der Waals surface area contributed by atoms with Crippen LogP contribution in [0.4, 0.5) is 5.69 Å². The average molecular weight is 406 g/mol. The third-order valence-corrected chi connectivity index (χ3v) is 5.29. The van der Waals surface area contributed by atoms with Crippen LogP contribution in [0.5, 0.6) is 11.5 Å². The first-order chi connectivity index (χ1) is 12.9. The molecule has 27 heavy (non-hydrogen) atoms.